The van der Waals surface area contributed by atoms with E-state index < -0.39 is 10.1 Å². The average Bonchev–Trinajstić information content (AvgIpc) is 2.52. The quantitative estimate of drug-likeness (QED) is 0.230. The lowest BCUT2D eigenvalue weighted by molar-refractivity contribution is -0.890. The maximum Gasteiger partial charge on any atom is 0.153 e. The number of hydrogen-bond donors (Lipinski definition) is 0. The van der Waals surface area contributed by atoms with Gasteiger partial charge < -0.3 is 13.8 Å². The monoisotopic (exact) mass is 371 g/mol. The van der Waals surface area contributed by atoms with Gasteiger partial charge in [0.15, 0.2) is 6.29 Å². The van der Waals surface area contributed by atoms with Crippen molar-refractivity contribution in [3.05, 3.63) is 29.8 Å². The number of hydrogen-bond acceptors (Lipinski definition) is 5. The molecule has 0 atom stereocenters. The molecule has 0 heterocycles. The fourth-order valence-electron chi connectivity index (χ4n) is 2.67. The van der Waals surface area contributed by atoms with Crippen LogP contribution >= 0.6 is 0 Å². The number of carbonyl (C=O) groups excluding carboxylic acids is 1. The Labute approximate surface area is 151 Å². The van der Waals surface area contributed by atoms with Gasteiger partial charge in [0.25, 0.3) is 0 Å². The predicted molar refractivity (Wildman–Crippen MR) is 96.8 cm³/mol. The van der Waals surface area contributed by atoms with Crippen molar-refractivity contribution in [2.45, 2.75) is 32.1 Å². The molecule has 0 bridgehead atoms. The second kappa shape index (κ2) is 10.5. The average molecular weight is 371 g/mol. The topological polar surface area (TPSA) is 83.5 Å². The normalized spacial score (nSPS) is 12.1. The first-order chi connectivity index (χ1) is 11.7. The summed E-state index contributed by atoms with van der Waals surface area (Å²) in [5.74, 6) is 0.345. The standard InChI is InChI=1S/C18H29NO5S/c1-19(2,13-9-15-25(21,22)23)12-7-3-4-8-14-24-18-11-6-5-10-17(18)16-20/h5-6,10-11,16H,3-4,7-9,12-15H2,1-2H3. The van der Waals surface area contributed by atoms with E-state index in [1.54, 1.807) is 12.1 Å². The van der Waals surface area contributed by atoms with Crippen LogP contribution < -0.4 is 4.74 Å². The Hall–Kier alpha value is -1.44. The van der Waals surface area contributed by atoms with E-state index in [-0.39, 0.29) is 5.75 Å². The van der Waals surface area contributed by atoms with Gasteiger partial charge in [-0.2, -0.15) is 0 Å². The van der Waals surface area contributed by atoms with E-state index in [1.165, 1.54) is 0 Å². The molecule has 0 unspecified atom stereocenters. The van der Waals surface area contributed by atoms with Crippen LogP contribution in [0.25, 0.3) is 0 Å². The molecule has 1 rings (SSSR count). The zero-order valence-corrected chi connectivity index (χ0v) is 16.0. The molecule has 25 heavy (non-hydrogen) atoms. The largest absolute Gasteiger partial charge is 0.748 e. The zero-order chi connectivity index (χ0) is 18.8. The van der Waals surface area contributed by atoms with E-state index in [0.29, 0.717) is 30.9 Å². The molecular weight excluding hydrogens is 342 g/mol. The SMILES string of the molecule is C[N+](C)(CCCCCCOc1ccccc1C=O)CCCS(=O)(=O)[O-]. The summed E-state index contributed by atoms with van der Waals surface area (Å²) < 4.78 is 38.2. The van der Waals surface area contributed by atoms with Gasteiger partial charge in [-0.05, 0) is 37.8 Å². The van der Waals surface area contributed by atoms with Crippen LogP contribution in [0.5, 0.6) is 5.75 Å². The summed E-state index contributed by atoms with van der Waals surface area (Å²) in [6.07, 6.45) is 5.28. The summed E-state index contributed by atoms with van der Waals surface area (Å²) in [4.78, 5) is 10.9. The van der Waals surface area contributed by atoms with Crippen LogP contribution in [0.4, 0.5) is 0 Å². The van der Waals surface area contributed by atoms with Gasteiger partial charge in [-0.3, -0.25) is 4.79 Å². The van der Waals surface area contributed by atoms with Crippen LogP contribution in [0.15, 0.2) is 24.3 Å². The number of rotatable bonds is 13. The minimum atomic E-state index is -4.11. The van der Waals surface area contributed by atoms with E-state index >= 15 is 0 Å². The highest BCUT2D eigenvalue weighted by Crippen LogP contribution is 2.16. The number of para-hydroxylation sites is 1. The minimum Gasteiger partial charge on any atom is -0.748 e. The van der Waals surface area contributed by atoms with Crippen molar-refractivity contribution < 1.29 is 27.0 Å². The molecule has 0 spiro atoms. The molecule has 0 aromatic heterocycles. The first kappa shape index (κ1) is 21.6. The first-order valence-electron chi connectivity index (χ1n) is 8.66. The van der Waals surface area contributed by atoms with Gasteiger partial charge in [0.2, 0.25) is 0 Å². The third-order valence-electron chi connectivity index (χ3n) is 4.12. The van der Waals surface area contributed by atoms with Crippen LogP contribution in [-0.2, 0) is 10.1 Å². The molecule has 0 fully saturated rings. The van der Waals surface area contributed by atoms with E-state index in [0.717, 1.165) is 43.0 Å². The summed E-state index contributed by atoms with van der Waals surface area (Å²) in [5.41, 5.74) is 0.571. The van der Waals surface area contributed by atoms with Crippen molar-refractivity contribution in [2.24, 2.45) is 0 Å². The Morgan fingerprint density at radius 3 is 2.36 bits per heavy atom. The highest BCUT2D eigenvalue weighted by atomic mass is 32.2. The van der Waals surface area contributed by atoms with Gasteiger partial charge in [-0.15, -0.1) is 0 Å². The van der Waals surface area contributed by atoms with Crippen molar-refractivity contribution in [3.63, 3.8) is 0 Å². The highest BCUT2D eigenvalue weighted by Gasteiger charge is 2.14. The van der Waals surface area contributed by atoms with Crippen LogP contribution in [0.1, 0.15) is 42.5 Å². The van der Waals surface area contributed by atoms with Gasteiger partial charge in [-0.1, -0.05) is 12.1 Å². The second-order valence-electron chi connectivity index (χ2n) is 6.92. The van der Waals surface area contributed by atoms with Gasteiger partial charge in [-0.25, -0.2) is 8.42 Å². The zero-order valence-electron chi connectivity index (χ0n) is 15.1. The van der Waals surface area contributed by atoms with Crippen molar-refractivity contribution in [2.75, 3.05) is 39.5 Å². The Kier molecular flexibility index (Phi) is 9.10. The van der Waals surface area contributed by atoms with E-state index in [2.05, 4.69) is 14.1 Å². The number of unbranched alkanes of at least 4 members (excludes halogenated alkanes) is 3. The lowest BCUT2D eigenvalue weighted by atomic mass is 10.2. The number of quaternary nitrogens is 1. The summed E-state index contributed by atoms with van der Waals surface area (Å²) in [6.45, 7) is 2.23. The van der Waals surface area contributed by atoms with Crippen molar-refractivity contribution in [1.29, 1.82) is 0 Å². The number of carbonyl (C=O) groups is 1. The molecule has 0 aliphatic rings. The summed E-state index contributed by atoms with van der Waals surface area (Å²) in [7, 11) is -0.000767. The van der Waals surface area contributed by atoms with E-state index in [9.17, 15) is 17.8 Å². The Balaban J connectivity index is 2.12. The predicted octanol–water partition coefficient (Wildman–Crippen LogP) is 2.45. The van der Waals surface area contributed by atoms with Gasteiger partial charge in [0, 0.05) is 12.2 Å². The maximum absolute atomic E-state index is 10.9. The van der Waals surface area contributed by atoms with Gasteiger partial charge >= 0.3 is 0 Å². The molecule has 7 heteroatoms. The Morgan fingerprint density at radius 2 is 1.68 bits per heavy atom. The molecule has 0 saturated heterocycles. The van der Waals surface area contributed by atoms with Crippen molar-refractivity contribution in [3.8, 4) is 5.75 Å². The summed E-state index contributed by atoms with van der Waals surface area (Å²) in [6, 6.07) is 7.19. The van der Waals surface area contributed by atoms with Crippen LogP contribution in [0, 0.1) is 0 Å². The summed E-state index contributed by atoms with van der Waals surface area (Å²) in [5, 5.41) is 0. The van der Waals surface area contributed by atoms with Gasteiger partial charge in [0.1, 0.15) is 5.75 Å². The molecular formula is C18H29NO5S. The number of benzene rings is 1. The van der Waals surface area contributed by atoms with Gasteiger partial charge in [0.05, 0.1) is 49.5 Å². The lowest BCUT2D eigenvalue weighted by Gasteiger charge is -2.30. The molecule has 1 aromatic carbocycles. The third kappa shape index (κ3) is 10.2. The first-order valence-corrected chi connectivity index (χ1v) is 10.2. The maximum atomic E-state index is 10.9. The van der Waals surface area contributed by atoms with Crippen LogP contribution in [0.2, 0.25) is 0 Å². The third-order valence-corrected chi connectivity index (χ3v) is 4.91. The van der Waals surface area contributed by atoms with Crippen LogP contribution in [0.3, 0.4) is 0 Å². The number of aldehydes is 1. The molecule has 0 radical (unpaired) electrons. The molecule has 0 amide bonds. The van der Waals surface area contributed by atoms with Crippen LogP contribution in [-0.4, -0.2) is 63.3 Å². The Bertz CT molecular complexity index is 628. The molecule has 142 valence electrons. The van der Waals surface area contributed by atoms with E-state index in [1.807, 2.05) is 12.1 Å². The molecule has 0 aliphatic heterocycles. The number of ether oxygens (including phenoxy) is 1. The van der Waals surface area contributed by atoms with Crippen molar-refractivity contribution in [1.82, 2.24) is 0 Å². The molecule has 0 N–H and O–H groups in total. The molecule has 1 aromatic rings. The van der Waals surface area contributed by atoms with E-state index in [4.69, 9.17) is 4.74 Å². The molecule has 0 saturated carbocycles. The summed E-state index contributed by atoms with van der Waals surface area (Å²) >= 11 is 0. The second-order valence-corrected chi connectivity index (χ2v) is 8.44. The fraction of sp³-hybridized carbons (Fsp3) is 0.611. The minimum absolute atomic E-state index is 0.283. The number of nitrogens with zero attached hydrogens (tertiary/aromatic N) is 1. The molecule has 6 nitrogen and oxygen atoms in total. The Morgan fingerprint density at radius 1 is 1.04 bits per heavy atom. The molecule has 0 aliphatic carbocycles. The van der Waals surface area contributed by atoms with Crippen molar-refractivity contribution >= 4 is 16.4 Å². The lowest BCUT2D eigenvalue weighted by Crippen LogP contribution is -2.41. The fourth-order valence-corrected chi connectivity index (χ4v) is 3.15. The smallest absolute Gasteiger partial charge is 0.153 e. The highest BCUT2D eigenvalue weighted by molar-refractivity contribution is 7.85.